The van der Waals surface area contributed by atoms with Crippen molar-refractivity contribution in [2.24, 2.45) is 45.8 Å². The summed E-state index contributed by atoms with van der Waals surface area (Å²) in [5, 5.41) is 0. The van der Waals surface area contributed by atoms with E-state index in [1.807, 2.05) is 0 Å². The van der Waals surface area contributed by atoms with Crippen LogP contribution in [0.15, 0.2) is 11.6 Å². The van der Waals surface area contributed by atoms with Gasteiger partial charge in [-0.3, -0.25) is 9.35 Å². The highest BCUT2D eigenvalue weighted by Crippen LogP contribution is 2.72. The van der Waals surface area contributed by atoms with Crippen LogP contribution in [0.2, 0.25) is 0 Å². The van der Waals surface area contributed by atoms with Crippen LogP contribution in [-0.4, -0.2) is 24.9 Å². The van der Waals surface area contributed by atoms with Crippen molar-refractivity contribution in [2.45, 2.75) is 118 Å². The van der Waals surface area contributed by atoms with Gasteiger partial charge in [0, 0.05) is 6.42 Å². The quantitative estimate of drug-likeness (QED) is 0.277. The van der Waals surface area contributed by atoms with E-state index in [0.29, 0.717) is 42.3 Å². The van der Waals surface area contributed by atoms with Gasteiger partial charge >= 0.3 is 10.4 Å². The second-order valence-electron chi connectivity index (χ2n) is 13.3. The van der Waals surface area contributed by atoms with E-state index in [1.165, 1.54) is 24.8 Å². The first-order chi connectivity index (χ1) is 16.3. The Labute approximate surface area is 213 Å². The molecule has 200 valence electrons. The molecule has 1 N–H and O–H groups in total. The fraction of sp³-hybridized carbons (Fsp3) is 0.897. The third kappa shape index (κ3) is 4.48. The molecular weight excluding hydrogens is 460 g/mol. The summed E-state index contributed by atoms with van der Waals surface area (Å²) in [6.07, 6.45) is 12.5. The molecule has 35 heavy (non-hydrogen) atoms. The standard InChI is InChI=1S/C29H48O5S/c1-7-29-24-12-11-21-17-22(34-35(31,32)33)13-15-27(21,5)23(24)14-16-28(29,6)25(18-26(29)30)20(4)10-8-9-19(2)3/h12,19-23,25H,7-11,13-18H2,1-6H3,(H,31,32,33)/t20-,21+,22+,23?,25-,27+,28-,29-/m1/s1. The number of Topliss-reactive ketones (excluding diaryl/α,β-unsaturated/α-hetero) is 1. The van der Waals surface area contributed by atoms with E-state index in [0.717, 1.165) is 44.4 Å². The minimum absolute atomic E-state index is 0.0207. The number of hydrogen-bond donors (Lipinski definition) is 1. The SMILES string of the molecule is CC[C@@]12C(=O)C[C@H]([C@H](C)CCCC(C)C)[C@@]1(C)CCC1C2=CC[C@H]2C[C@@H](OS(=O)(=O)O)CC[C@]12C. The van der Waals surface area contributed by atoms with Gasteiger partial charge in [-0.05, 0) is 85.4 Å². The minimum Gasteiger partial charge on any atom is -0.299 e. The Hall–Kier alpha value is -0.720. The molecule has 0 aromatic rings. The summed E-state index contributed by atoms with van der Waals surface area (Å²) < 4.78 is 36.8. The zero-order chi connectivity index (χ0) is 25.8. The first kappa shape index (κ1) is 27.3. The molecule has 0 saturated heterocycles. The number of hydrogen-bond acceptors (Lipinski definition) is 4. The lowest BCUT2D eigenvalue weighted by Gasteiger charge is -2.61. The van der Waals surface area contributed by atoms with Gasteiger partial charge in [0.2, 0.25) is 0 Å². The largest absolute Gasteiger partial charge is 0.397 e. The van der Waals surface area contributed by atoms with Crippen LogP contribution in [-0.2, 0) is 19.4 Å². The normalized spacial score (nSPS) is 42.3. The molecule has 0 aromatic carbocycles. The van der Waals surface area contributed by atoms with E-state index in [1.54, 1.807) is 0 Å². The number of rotatable bonds is 8. The average molecular weight is 509 g/mol. The highest BCUT2D eigenvalue weighted by atomic mass is 32.3. The van der Waals surface area contributed by atoms with Crippen LogP contribution in [0.1, 0.15) is 112 Å². The third-order valence-electron chi connectivity index (χ3n) is 11.3. The van der Waals surface area contributed by atoms with Gasteiger partial charge in [-0.25, -0.2) is 4.18 Å². The first-order valence-corrected chi connectivity index (χ1v) is 15.5. The van der Waals surface area contributed by atoms with E-state index < -0.39 is 16.5 Å². The van der Waals surface area contributed by atoms with Crippen molar-refractivity contribution in [1.82, 2.24) is 0 Å². The summed E-state index contributed by atoms with van der Waals surface area (Å²) in [4.78, 5) is 14.0. The van der Waals surface area contributed by atoms with Gasteiger partial charge in [-0.2, -0.15) is 8.42 Å². The Balaban J connectivity index is 1.62. The molecule has 3 fully saturated rings. The minimum atomic E-state index is -4.43. The molecule has 8 atom stereocenters. The lowest BCUT2D eigenvalue weighted by molar-refractivity contribution is -0.132. The number of allylic oxidation sites excluding steroid dienone is 2. The smallest absolute Gasteiger partial charge is 0.299 e. The molecule has 0 aliphatic heterocycles. The van der Waals surface area contributed by atoms with Crippen molar-refractivity contribution in [1.29, 1.82) is 0 Å². The van der Waals surface area contributed by atoms with Gasteiger partial charge in [-0.15, -0.1) is 0 Å². The fourth-order valence-electron chi connectivity index (χ4n) is 9.44. The van der Waals surface area contributed by atoms with Crippen LogP contribution in [0, 0.1) is 45.8 Å². The molecule has 5 nitrogen and oxygen atoms in total. The predicted octanol–water partition coefficient (Wildman–Crippen LogP) is 7.18. The van der Waals surface area contributed by atoms with Crippen LogP contribution in [0.3, 0.4) is 0 Å². The Morgan fingerprint density at radius 1 is 1.14 bits per heavy atom. The first-order valence-electron chi connectivity index (χ1n) is 14.2. The third-order valence-corrected chi connectivity index (χ3v) is 11.8. The van der Waals surface area contributed by atoms with Gasteiger partial charge in [0.1, 0.15) is 5.78 Å². The van der Waals surface area contributed by atoms with Gasteiger partial charge in [0.05, 0.1) is 11.5 Å². The van der Waals surface area contributed by atoms with Crippen LogP contribution in [0.4, 0.5) is 0 Å². The summed E-state index contributed by atoms with van der Waals surface area (Å²) in [7, 11) is -4.43. The predicted molar refractivity (Wildman–Crippen MR) is 139 cm³/mol. The summed E-state index contributed by atoms with van der Waals surface area (Å²) in [6, 6.07) is 0. The van der Waals surface area contributed by atoms with Crippen molar-refractivity contribution < 1.29 is 21.9 Å². The lowest BCUT2D eigenvalue weighted by atomic mass is 9.42. The highest BCUT2D eigenvalue weighted by Gasteiger charge is 2.68. The molecule has 0 radical (unpaired) electrons. The zero-order valence-electron chi connectivity index (χ0n) is 22.8. The molecule has 3 saturated carbocycles. The van der Waals surface area contributed by atoms with Crippen LogP contribution >= 0.6 is 0 Å². The van der Waals surface area contributed by atoms with Gasteiger partial charge in [0.15, 0.2) is 0 Å². The number of fused-ring (bicyclic) bond motifs is 5. The topological polar surface area (TPSA) is 80.7 Å². The Bertz CT molecular complexity index is 954. The van der Waals surface area contributed by atoms with Crippen molar-refractivity contribution in [3.63, 3.8) is 0 Å². The van der Waals surface area contributed by atoms with Crippen molar-refractivity contribution in [2.75, 3.05) is 0 Å². The molecule has 0 heterocycles. The molecular formula is C29H48O5S. The van der Waals surface area contributed by atoms with Crippen molar-refractivity contribution in [3.8, 4) is 0 Å². The zero-order valence-corrected chi connectivity index (χ0v) is 23.6. The van der Waals surface area contributed by atoms with E-state index in [9.17, 15) is 17.8 Å². The number of carbonyl (C=O) groups excluding carboxylic acids is 1. The van der Waals surface area contributed by atoms with Crippen molar-refractivity contribution in [3.05, 3.63) is 11.6 Å². The van der Waals surface area contributed by atoms with E-state index in [2.05, 4.69) is 47.6 Å². The molecule has 1 unspecified atom stereocenters. The second kappa shape index (κ2) is 9.54. The molecule has 4 rings (SSSR count). The molecule has 0 amide bonds. The van der Waals surface area contributed by atoms with Crippen LogP contribution in [0.25, 0.3) is 0 Å². The van der Waals surface area contributed by atoms with Crippen LogP contribution < -0.4 is 0 Å². The van der Waals surface area contributed by atoms with Crippen molar-refractivity contribution >= 4 is 16.2 Å². The van der Waals surface area contributed by atoms with Gasteiger partial charge < -0.3 is 0 Å². The molecule has 6 heteroatoms. The molecule has 4 aliphatic carbocycles. The lowest BCUT2D eigenvalue weighted by Crippen LogP contribution is -2.56. The fourth-order valence-corrected chi connectivity index (χ4v) is 9.96. The Morgan fingerprint density at radius 2 is 1.86 bits per heavy atom. The second-order valence-corrected chi connectivity index (χ2v) is 14.4. The average Bonchev–Trinajstić information content (AvgIpc) is 3.00. The summed E-state index contributed by atoms with van der Waals surface area (Å²) in [5.41, 5.74) is 1.15. The molecule has 0 aromatic heterocycles. The van der Waals surface area contributed by atoms with E-state index in [-0.39, 0.29) is 16.2 Å². The number of ketones is 1. The molecule has 4 aliphatic rings. The maximum atomic E-state index is 14.0. The maximum absolute atomic E-state index is 14.0. The summed E-state index contributed by atoms with van der Waals surface area (Å²) in [6.45, 7) is 14.0. The molecule has 0 spiro atoms. The van der Waals surface area contributed by atoms with Gasteiger partial charge in [0.25, 0.3) is 0 Å². The summed E-state index contributed by atoms with van der Waals surface area (Å²) >= 11 is 0. The molecule has 0 bridgehead atoms. The number of carbonyl (C=O) groups is 1. The monoisotopic (exact) mass is 508 g/mol. The summed E-state index contributed by atoms with van der Waals surface area (Å²) in [5.74, 6) is 2.91. The Kier molecular flexibility index (Phi) is 7.45. The maximum Gasteiger partial charge on any atom is 0.397 e. The highest BCUT2D eigenvalue weighted by molar-refractivity contribution is 7.80. The van der Waals surface area contributed by atoms with E-state index in [4.69, 9.17) is 4.18 Å². The van der Waals surface area contributed by atoms with E-state index >= 15 is 0 Å². The van der Waals surface area contributed by atoms with Gasteiger partial charge in [-0.1, -0.05) is 72.5 Å². The Morgan fingerprint density at radius 3 is 2.49 bits per heavy atom. The van der Waals surface area contributed by atoms with Crippen LogP contribution in [0.5, 0.6) is 0 Å².